The molecule has 0 N–H and O–H groups in total. The van der Waals surface area contributed by atoms with Crippen molar-refractivity contribution in [2.75, 3.05) is 7.11 Å². The van der Waals surface area contributed by atoms with Gasteiger partial charge in [0.2, 0.25) is 5.82 Å². The molecule has 4 rings (SSSR count). The second-order valence-electron chi connectivity index (χ2n) is 5.26. The van der Waals surface area contributed by atoms with Gasteiger partial charge in [0.05, 0.1) is 12.6 Å². The first-order valence-electron chi connectivity index (χ1n) is 7.24. The number of rotatable bonds is 3. The summed E-state index contributed by atoms with van der Waals surface area (Å²) in [5.74, 6) is 1.17. The molecule has 0 aliphatic rings. The van der Waals surface area contributed by atoms with Crippen LogP contribution in [0.3, 0.4) is 0 Å². The second-order valence-corrected chi connectivity index (χ2v) is 5.26. The fraction of sp³-hybridized carbons (Fsp3) is 0.118. The van der Waals surface area contributed by atoms with E-state index in [9.17, 15) is 4.79 Å². The first-order valence-corrected chi connectivity index (χ1v) is 7.24. The number of benzene rings is 2. The van der Waals surface area contributed by atoms with Crippen molar-refractivity contribution in [2.24, 2.45) is 7.05 Å². The molecule has 2 heterocycles. The molecule has 0 saturated carbocycles. The van der Waals surface area contributed by atoms with Crippen molar-refractivity contribution in [2.45, 2.75) is 0 Å². The van der Waals surface area contributed by atoms with Crippen molar-refractivity contribution < 1.29 is 13.7 Å². The van der Waals surface area contributed by atoms with Gasteiger partial charge in [-0.25, -0.2) is 4.79 Å². The Hall–Kier alpha value is -3.35. The van der Waals surface area contributed by atoms with Gasteiger partial charge >= 0.3 is 5.76 Å². The van der Waals surface area contributed by atoms with Gasteiger partial charge in [-0.15, -0.1) is 0 Å². The SMILES string of the molecule is COc1ccc(-c2nc(-c3ccc4c(c3)oc(=O)n4C)no2)cc1. The molecule has 24 heavy (non-hydrogen) atoms. The lowest BCUT2D eigenvalue weighted by Crippen LogP contribution is -2.08. The molecule has 120 valence electrons. The Bertz CT molecular complexity index is 1070. The fourth-order valence-electron chi connectivity index (χ4n) is 2.46. The summed E-state index contributed by atoms with van der Waals surface area (Å²) < 4.78 is 17.1. The Kier molecular flexibility index (Phi) is 3.19. The molecule has 0 saturated heterocycles. The van der Waals surface area contributed by atoms with Gasteiger partial charge in [-0.1, -0.05) is 5.16 Å². The van der Waals surface area contributed by atoms with E-state index in [4.69, 9.17) is 13.7 Å². The molecule has 0 spiro atoms. The van der Waals surface area contributed by atoms with Gasteiger partial charge in [0, 0.05) is 18.2 Å². The van der Waals surface area contributed by atoms with Gasteiger partial charge in [0.1, 0.15) is 5.75 Å². The van der Waals surface area contributed by atoms with Crippen LogP contribution in [0.4, 0.5) is 0 Å². The van der Waals surface area contributed by atoms with E-state index in [-0.39, 0.29) is 0 Å². The maximum Gasteiger partial charge on any atom is 0.419 e. The maximum absolute atomic E-state index is 11.6. The van der Waals surface area contributed by atoms with E-state index in [1.54, 1.807) is 26.3 Å². The molecule has 0 atom stereocenters. The molecule has 0 aliphatic heterocycles. The molecule has 0 aliphatic carbocycles. The van der Waals surface area contributed by atoms with Crippen LogP contribution in [0.1, 0.15) is 0 Å². The monoisotopic (exact) mass is 323 g/mol. The van der Waals surface area contributed by atoms with Gasteiger partial charge in [-0.2, -0.15) is 4.98 Å². The molecular weight excluding hydrogens is 310 g/mol. The topological polar surface area (TPSA) is 83.3 Å². The highest BCUT2D eigenvalue weighted by Crippen LogP contribution is 2.26. The number of aryl methyl sites for hydroxylation is 1. The van der Waals surface area contributed by atoms with Gasteiger partial charge < -0.3 is 13.7 Å². The zero-order valence-corrected chi connectivity index (χ0v) is 13.0. The predicted molar refractivity (Wildman–Crippen MR) is 86.7 cm³/mol. The van der Waals surface area contributed by atoms with Crippen LogP contribution in [0, 0.1) is 0 Å². The number of hydrogen-bond donors (Lipinski definition) is 0. The van der Waals surface area contributed by atoms with Crippen LogP contribution >= 0.6 is 0 Å². The summed E-state index contributed by atoms with van der Waals surface area (Å²) in [5.41, 5.74) is 2.70. The Balaban J connectivity index is 1.72. The van der Waals surface area contributed by atoms with Crippen molar-refractivity contribution >= 4 is 11.1 Å². The number of hydrogen-bond acceptors (Lipinski definition) is 6. The van der Waals surface area contributed by atoms with E-state index < -0.39 is 5.76 Å². The average Bonchev–Trinajstić information content (AvgIpc) is 3.20. The van der Waals surface area contributed by atoms with Gasteiger partial charge in [0.25, 0.3) is 5.89 Å². The molecule has 7 heteroatoms. The molecule has 0 bridgehead atoms. The van der Waals surface area contributed by atoms with Crippen molar-refractivity contribution in [1.82, 2.24) is 14.7 Å². The van der Waals surface area contributed by atoms with Crippen molar-refractivity contribution in [1.29, 1.82) is 0 Å². The van der Waals surface area contributed by atoms with Crippen molar-refractivity contribution in [3.8, 4) is 28.6 Å². The summed E-state index contributed by atoms with van der Waals surface area (Å²) in [6.45, 7) is 0. The summed E-state index contributed by atoms with van der Waals surface area (Å²) in [6, 6.07) is 12.7. The van der Waals surface area contributed by atoms with E-state index in [2.05, 4.69) is 10.1 Å². The summed E-state index contributed by atoms with van der Waals surface area (Å²) >= 11 is 0. The fourth-order valence-corrected chi connectivity index (χ4v) is 2.46. The highest BCUT2D eigenvalue weighted by molar-refractivity contribution is 5.78. The van der Waals surface area contributed by atoms with Gasteiger partial charge in [0.15, 0.2) is 5.58 Å². The van der Waals surface area contributed by atoms with Crippen molar-refractivity contribution in [3.63, 3.8) is 0 Å². The van der Waals surface area contributed by atoms with Gasteiger partial charge in [-0.05, 0) is 42.5 Å². The molecule has 2 aromatic carbocycles. The van der Waals surface area contributed by atoms with Crippen molar-refractivity contribution in [3.05, 3.63) is 53.0 Å². The van der Waals surface area contributed by atoms with Crippen LogP contribution in [-0.2, 0) is 7.05 Å². The quantitative estimate of drug-likeness (QED) is 0.576. The number of nitrogens with zero attached hydrogens (tertiary/aromatic N) is 3. The minimum Gasteiger partial charge on any atom is -0.497 e. The normalized spacial score (nSPS) is 11.1. The molecule has 0 amide bonds. The highest BCUT2D eigenvalue weighted by Gasteiger charge is 2.13. The largest absolute Gasteiger partial charge is 0.497 e. The lowest BCUT2D eigenvalue weighted by Gasteiger charge is -1.98. The molecule has 2 aromatic heterocycles. The zero-order chi connectivity index (χ0) is 16.7. The summed E-state index contributed by atoms with van der Waals surface area (Å²) in [7, 11) is 3.27. The average molecular weight is 323 g/mol. The minimum atomic E-state index is -0.408. The Morgan fingerprint density at radius 1 is 1.08 bits per heavy atom. The molecular formula is C17H13N3O4. The smallest absolute Gasteiger partial charge is 0.419 e. The number of aromatic nitrogens is 3. The van der Waals surface area contributed by atoms with E-state index >= 15 is 0 Å². The van der Waals surface area contributed by atoms with E-state index in [0.717, 1.165) is 11.3 Å². The summed E-state index contributed by atoms with van der Waals surface area (Å²) in [5, 5.41) is 4.00. The van der Waals surface area contributed by atoms with Gasteiger partial charge in [-0.3, -0.25) is 4.57 Å². The third-order valence-electron chi connectivity index (χ3n) is 3.81. The Morgan fingerprint density at radius 3 is 2.58 bits per heavy atom. The second kappa shape index (κ2) is 5.38. The standard InChI is InChI=1S/C17H13N3O4/c1-20-13-8-5-11(9-14(13)23-17(20)21)15-18-16(24-19-15)10-3-6-12(22-2)7-4-10/h3-9H,1-2H3. The van der Waals surface area contributed by atoms with E-state index in [0.29, 0.717) is 28.4 Å². The van der Waals surface area contributed by atoms with Crippen LogP contribution in [0.15, 0.2) is 56.2 Å². The first kappa shape index (κ1) is 14.3. The predicted octanol–water partition coefficient (Wildman–Crippen LogP) is 2.86. The van der Waals surface area contributed by atoms with Crippen LogP contribution in [0.2, 0.25) is 0 Å². The van der Waals surface area contributed by atoms with Crippen LogP contribution in [-0.4, -0.2) is 21.8 Å². The van der Waals surface area contributed by atoms with E-state index in [1.165, 1.54) is 4.57 Å². The maximum atomic E-state index is 11.6. The first-order chi connectivity index (χ1) is 11.7. The lowest BCUT2D eigenvalue weighted by molar-refractivity contribution is 0.414. The third-order valence-corrected chi connectivity index (χ3v) is 3.81. The summed E-state index contributed by atoms with van der Waals surface area (Å²) in [4.78, 5) is 16.0. The third kappa shape index (κ3) is 2.26. The van der Waals surface area contributed by atoms with Crippen LogP contribution < -0.4 is 10.5 Å². The molecule has 0 radical (unpaired) electrons. The molecule has 0 fully saturated rings. The Morgan fingerprint density at radius 2 is 1.83 bits per heavy atom. The number of fused-ring (bicyclic) bond motifs is 1. The Labute approximate surface area is 136 Å². The number of methoxy groups -OCH3 is 1. The molecule has 4 aromatic rings. The molecule has 7 nitrogen and oxygen atoms in total. The minimum absolute atomic E-state index is 0.405. The summed E-state index contributed by atoms with van der Waals surface area (Å²) in [6.07, 6.45) is 0. The van der Waals surface area contributed by atoms with Crippen LogP contribution in [0.25, 0.3) is 33.9 Å². The highest BCUT2D eigenvalue weighted by atomic mass is 16.5. The number of oxazole rings is 1. The van der Waals surface area contributed by atoms with Crippen LogP contribution in [0.5, 0.6) is 5.75 Å². The lowest BCUT2D eigenvalue weighted by atomic mass is 10.2. The zero-order valence-electron chi connectivity index (χ0n) is 13.0. The molecule has 0 unspecified atom stereocenters. The van der Waals surface area contributed by atoms with E-state index in [1.807, 2.05) is 30.3 Å². The number of ether oxygens (including phenoxy) is 1.